The van der Waals surface area contributed by atoms with Gasteiger partial charge in [0.25, 0.3) is 0 Å². The summed E-state index contributed by atoms with van der Waals surface area (Å²) in [6.07, 6.45) is 3.81. The highest BCUT2D eigenvalue weighted by atomic mass is 35.5. The molecule has 1 aliphatic heterocycles. The van der Waals surface area contributed by atoms with Crippen LogP contribution in [0.4, 0.5) is 0 Å². The molecule has 0 amide bonds. The number of rotatable bonds is 6. The number of nitrogens with zero attached hydrogens (tertiary/aromatic N) is 2. The first kappa shape index (κ1) is 23.4. The number of benzene rings is 2. The fourth-order valence-electron chi connectivity index (χ4n) is 3.18. The van der Waals surface area contributed by atoms with E-state index in [9.17, 15) is 0 Å². The number of carbonyl (C=O) groups is 2. The van der Waals surface area contributed by atoms with E-state index in [1.165, 1.54) is 5.52 Å². The molecule has 10 heteroatoms. The van der Waals surface area contributed by atoms with Crippen LogP contribution in [0.25, 0.3) is 11.0 Å². The molecule has 3 aromatic rings. The number of nitrogens with one attached hydrogen (secondary N) is 1. The molecule has 2 aromatic carbocycles. The maximum Gasteiger partial charge on any atom is 0.414 e. The van der Waals surface area contributed by atoms with Crippen LogP contribution in [0, 0.1) is 0 Å². The van der Waals surface area contributed by atoms with E-state index in [2.05, 4.69) is 20.9 Å². The molecule has 3 N–H and O–H groups in total. The number of hydrogen-bond donors (Lipinski definition) is 3. The van der Waals surface area contributed by atoms with E-state index < -0.39 is 11.9 Å². The maximum atomic E-state index is 9.10. The van der Waals surface area contributed by atoms with Crippen molar-refractivity contribution < 1.29 is 29.3 Å². The average Bonchev–Trinajstić information content (AvgIpc) is 3.02. The molecule has 2 heterocycles. The third kappa shape index (κ3) is 6.35. The van der Waals surface area contributed by atoms with Gasteiger partial charge in [0.1, 0.15) is 0 Å². The molecule has 170 valence electrons. The molecular formula is C22H24ClN3O6. The molecule has 32 heavy (non-hydrogen) atoms. The normalized spacial score (nSPS) is 12.5. The summed E-state index contributed by atoms with van der Waals surface area (Å²) in [7, 11) is 0. The lowest BCUT2D eigenvalue weighted by Gasteiger charge is -2.12. The summed E-state index contributed by atoms with van der Waals surface area (Å²) in [6, 6.07) is 12.2. The van der Waals surface area contributed by atoms with Crippen molar-refractivity contribution in [1.29, 1.82) is 0 Å². The Morgan fingerprint density at radius 2 is 1.88 bits per heavy atom. The fourth-order valence-corrected chi connectivity index (χ4v) is 3.47. The van der Waals surface area contributed by atoms with Crippen LogP contribution in [0.2, 0.25) is 5.02 Å². The molecule has 0 spiro atoms. The number of para-hydroxylation sites is 2. The summed E-state index contributed by atoms with van der Waals surface area (Å²) in [5.41, 5.74) is 3.33. The number of hydrogen-bond acceptors (Lipinski definition) is 6. The SMILES string of the molecule is Clc1cc(CNCCCn2cnc3ccccc32)cc2c1OCCCO2.O=C(O)C(=O)O. The molecule has 1 aromatic heterocycles. The van der Waals surface area contributed by atoms with Crippen molar-refractivity contribution in [2.75, 3.05) is 19.8 Å². The number of fused-ring (bicyclic) bond motifs is 2. The van der Waals surface area contributed by atoms with Crippen molar-refractivity contribution in [3.8, 4) is 11.5 Å². The van der Waals surface area contributed by atoms with Crippen LogP contribution in [0.3, 0.4) is 0 Å². The van der Waals surface area contributed by atoms with Gasteiger partial charge in [-0.1, -0.05) is 23.7 Å². The molecule has 0 unspecified atom stereocenters. The second-order valence-electron chi connectivity index (χ2n) is 7.02. The maximum absolute atomic E-state index is 9.10. The first-order valence-corrected chi connectivity index (χ1v) is 10.5. The van der Waals surface area contributed by atoms with E-state index >= 15 is 0 Å². The Morgan fingerprint density at radius 1 is 1.12 bits per heavy atom. The summed E-state index contributed by atoms with van der Waals surface area (Å²) in [4.78, 5) is 22.6. The Kier molecular flexibility index (Phi) is 8.29. The largest absolute Gasteiger partial charge is 0.489 e. The van der Waals surface area contributed by atoms with Crippen LogP contribution in [0.5, 0.6) is 11.5 Å². The fraction of sp³-hybridized carbons (Fsp3) is 0.318. The Labute approximate surface area is 189 Å². The van der Waals surface area contributed by atoms with Gasteiger partial charge < -0.3 is 29.6 Å². The Hall–Kier alpha value is -3.30. The van der Waals surface area contributed by atoms with Gasteiger partial charge in [-0.3, -0.25) is 0 Å². The predicted molar refractivity (Wildman–Crippen MR) is 118 cm³/mol. The zero-order valence-electron chi connectivity index (χ0n) is 17.3. The number of aliphatic carboxylic acids is 2. The van der Waals surface area contributed by atoms with Crippen molar-refractivity contribution in [3.63, 3.8) is 0 Å². The molecule has 1 aliphatic rings. The lowest BCUT2D eigenvalue weighted by Crippen LogP contribution is -2.16. The van der Waals surface area contributed by atoms with E-state index in [1.54, 1.807) is 0 Å². The number of carboxylic acid groups (broad SMARTS) is 2. The van der Waals surface area contributed by atoms with Crippen LogP contribution in [-0.2, 0) is 22.7 Å². The third-order valence-electron chi connectivity index (χ3n) is 4.65. The monoisotopic (exact) mass is 461 g/mol. The van der Waals surface area contributed by atoms with Gasteiger partial charge in [0.2, 0.25) is 0 Å². The molecule has 0 saturated carbocycles. The second-order valence-corrected chi connectivity index (χ2v) is 7.43. The number of aryl methyl sites for hydroxylation is 1. The summed E-state index contributed by atoms with van der Waals surface area (Å²) in [6.45, 7) is 3.92. The minimum Gasteiger partial charge on any atom is -0.489 e. The van der Waals surface area contributed by atoms with E-state index in [-0.39, 0.29) is 0 Å². The zero-order chi connectivity index (χ0) is 22.9. The topological polar surface area (TPSA) is 123 Å². The van der Waals surface area contributed by atoms with Crippen molar-refractivity contribution in [3.05, 3.63) is 53.3 Å². The summed E-state index contributed by atoms with van der Waals surface area (Å²) in [5, 5.41) is 18.9. The van der Waals surface area contributed by atoms with Crippen molar-refractivity contribution in [2.24, 2.45) is 0 Å². The highest BCUT2D eigenvalue weighted by molar-refractivity contribution is 6.32. The van der Waals surface area contributed by atoms with Gasteiger partial charge >= 0.3 is 11.9 Å². The highest BCUT2D eigenvalue weighted by Gasteiger charge is 2.15. The molecule has 9 nitrogen and oxygen atoms in total. The first-order chi connectivity index (χ1) is 15.5. The van der Waals surface area contributed by atoms with Gasteiger partial charge in [-0.25, -0.2) is 14.6 Å². The van der Waals surface area contributed by atoms with Gasteiger partial charge in [-0.15, -0.1) is 0 Å². The van der Waals surface area contributed by atoms with Crippen LogP contribution in [-0.4, -0.2) is 51.5 Å². The van der Waals surface area contributed by atoms with E-state index in [4.69, 9.17) is 40.9 Å². The van der Waals surface area contributed by atoms with Crippen molar-refractivity contribution >= 4 is 34.6 Å². The van der Waals surface area contributed by atoms with Crippen LogP contribution < -0.4 is 14.8 Å². The summed E-state index contributed by atoms with van der Waals surface area (Å²) < 4.78 is 13.6. The van der Waals surface area contributed by atoms with Gasteiger partial charge in [0.05, 0.1) is 35.6 Å². The van der Waals surface area contributed by atoms with E-state index in [0.717, 1.165) is 49.3 Å². The predicted octanol–water partition coefficient (Wildman–Crippen LogP) is 3.19. The molecule has 4 rings (SSSR count). The molecular weight excluding hydrogens is 438 g/mol. The smallest absolute Gasteiger partial charge is 0.414 e. The molecule has 0 radical (unpaired) electrons. The number of aromatic nitrogens is 2. The summed E-state index contributed by atoms with van der Waals surface area (Å²) in [5.74, 6) is -2.23. The quantitative estimate of drug-likeness (QED) is 0.378. The summed E-state index contributed by atoms with van der Waals surface area (Å²) >= 11 is 6.34. The second kappa shape index (κ2) is 11.4. The van der Waals surface area contributed by atoms with Gasteiger partial charge in [-0.05, 0) is 42.8 Å². The van der Waals surface area contributed by atoms with E-state index in [0.29, 0.717) is 24.0 Å². The zero-order valence-corrected chi connectivity index (χ0v) is 18.0. The number of ether oxygens (including phenoxy) is 2. The van der Waals surface area contributed by atoms with Crippen molar-refractivity contribution in [2.45, 2.75) is 25.9 Å². The molecule has 0 aliphatic carbocycles. The highest BCUT2D eigenvalue weighted by Crippen LogP contribution is 2.37. The van der Waals surface area contributed by atoms with Crippen LogP contribution in [0.1, 0.15) is 18.4 Å². The van der Waals surface area contributed by atoms with E-state index in [1.807, 2.05) is 36.7 Å². The number of imidazole rings is 1. The first-order valence-electron chi connectivity index (χ1n) is 10.1. The van der Waals surface area contributed by atoms with Crippen molar-refractivity contribution in [1.82, 2.24) is 14.9 Å². The Bertz CT molecular complexity index is 1070. The van der Waals surface area contributed by atoms with Gasteiger partial charge in [0.15, 0.2) is 11.5 Å². The number of halogens is 1. The Balaban J connectivity index is 0.000000427. The van der Waals surface area contributed by atoms with Crippen LogP contribution in [0.15, 0.2) is 42.7 Å². The van der Waals surface area contributed by atoms with Gasteiger partial charge in [-0.2, -0.15) is 0 Å². The molecule has 0 bridgehead atoms. The molecule has 0 fully saturated rings. The Morgan fingerprint density at radius 3 is 2.66 bits per heavy atom. The minimum absolute atomic E-state index is 0.617. The molecule has 0 saturated heterocycles. The van der Waals surface area contributed by atoms with Gasteiger partial charge in [0, 0.05) is 19.5 Å². The van der Waals surface area contributed by atoms with Crippen LogP contribution >= 0.6 is 11.6 Å². The average molecular weight is 462 g/mol. The standard InChI is InChI=1S/C20H22ClN3O2.C2H2O4/c21-16-11-15(12-19-20(16)26-10-4-9-25-19)13-22-7-3-8-24-14-23-17-5-1-2-6-18(17)24;3-1(4)2(5)6/h1-2,5-6,11-12,14,22H,3-4,7-10,13H2;(H,3,4)(H,5,6). The lowest BCUT2D eigenvalue weighted by molar-refractivity contribution is -0.159. The minimum atomic E-state index is -1.82. The number of carboxylic acids is 2. The molecule has 0 atom stereocenters. The lowest BCUT2D eigenvalue weighted by atomic mass is 10.2. The third-order valence-corrected chi connectivity index (χ3v) is 4.93.